The zero-order chi connectivity index (χ0) is 17.7. The second kappa shape index (κ2) is 6.33. The van der Waals surface area contributed by atoms with Gasteiger partial charge in [-0.3, -0.25) is 9.59 Å². The number of hydrogen-bond acceptors (Lipinski definition) is 3. The van der Waals surface area contributed by atoms with Crippen molar-refractivity contribution in [3.63, 3.8) is 0 Å². The smallest absolute Gasteiger partial charge is 0.155 e. The summed E-state index contributed by atoms with van der Waals surface area (Å²) < 4.78 is 6.11. The first-order valence-electron chi connectivity index (χ1n) is 10.4. The molecule has 0 aliphatic heterocycles. The van der Waals surface area contributed by atoms with Crippen molar-refractivity contribution < 1.29 is 14.3 Å². The lowest BCUT2D eigenvalue weighted by Gasteiger charge is -2.57. The Kier molecular flexibility index (Phi) is 4.42. The van der Waals surface area contributed by atoms with Gasteiger partial charge in [-0.2, -0.15) is 0 Å². The van der Waals surface area contributed by atoms with Crippen molar-refractivity contribution in [3.8, 4) is 0 Å². The van der Waals surface area contributed by atoms with Gasteiger partial charge in [-0.1, -0.05) is 19.4 Å². The quantitative estimate of drug-likeness (QED) is 0.706. The lowest BCUT2D eigenvalue weighted by molar-refractivity contribution is -0.134. The van der Waals surface area contributed by atoms with E-state index in [2.05, 4.69) is 13.8 Å². The number of rotatable bonds is 4. The topological polar surface area (TPSA) is 43.4 Å². The number of carbonyl (C=O) groups excluding carboxylic acids is 2. The number of fused-ring (bicyclic) bond motifs is 5. The molecule has 5 atom stereocenters. The number of carbonyl (C=O) groups is 2. The molecule has 0 unspecified atom stereocenters. The molecule has 0 bridgehead atoms. The molecular formula is C22H32O3. The Morgan fingerprint density at radius 2 is 1.92 bits per heavy atom. The highest BCUT2D eigenvalue weighted by atomic mass is 16.5. The van der Waals surface area contributed by atoms with E-state index in [-0.39, 0.29) is 10.8 Å². The molecule has 138 valence electrons. The first-order chi connectivity index (χ1) is 12.0. The minimum atomic E-state index is -0.0711. The Hall–Kier alpha value is -0.960. The van der Waals surface area contributed by atoms with Crippen LogP contribution < -0.4 is 0 Å². The van der Waals surface area contributed by atoms with Crippen molar-refractivity contribution in [1.29, 1.82) is 0 Å². The molecule has 4 aliphatic carbocycles. The van der Waals surface area contributed by atoms with Crippen LogP contribution in [0.1, 0.15) is 71.6 Å². The summed E-state index contributed by atoms with van der Waals surface area (Å²) in [5.41, 5.74) is 1.37. The average molecular weight is 344 g/mol. The number of Topliss-reactive ketones (excluding diaryl/α,β-unsaturated/α-hetero) is 1. The Morgan fingerprint density at radius 3 is 2.72 bits per heavy atom. The summed E-state index contributed by atoms with van der Waals surface area (Å²) in [7, 11) is 0. The van der Waals surface area contributed by atoms with Crippen molar-refractivity contribution in [1.82, 2.24) is 0 Å². The molecule has 3 heteroatoms. The predicted molar refractivity (Wildman–Crippen MR) is 97.2 cm³/mol. The minimum absolute atomic E-state index is 0.0684. The molecule has 4 rings (SSSR count). The van der Waals surface area contributed by atoms with Gasteiger partial charge in [-0.05, 0) is 68.8 Å². The molecule has 3 fully saturated rings. The van der Waals surface area contributed by atoms with Crippen LogP contribution in [0.5, 0.6) is 0 Å². The van der Waals surface area contributed by atoms with Gasteiger partial charge in [0.25, 0.3) is 0 Å². The molecule has 0 aromatic heterocycles. The number of ketones is 2. The van der Waals surface area contributed by atoms with E-state index in [1.165, 1.54) is 5.57 Å². The van der Waals surface area contributed by atoms with Gasteiger partial charge in [0.1, 0.15) is 5.78 Å². The van der Waals surface area contributed by atoms with Crippen molar-refractivity contribution in [2.45, 2.75) is 71.6 Å². The molecule has 3 nitrogen and oxygen atoms in total. The highest BCUT2D eigenvalue weighted by Gasteiger charge is 2.60. The van der Waals surface area contributed by atoms with E-state index >= 15 is 0 Å². The molecule has 0 aromatic rings. The van der Waals surface area contributed by atoms with Crippen LogP contribution >= 0.6 is 0 Å². The molecular weight excluding hydrogens is 312 g/mol. The van der Waals surface area contributed by atoms with Gasteiger partial charge >= 0.3 is 0 Å². The highest BCUT2D eigenvalue weighted by molar-refractivity contribution is 5.91. The first-order valence-corrected chi connectivity index (χ1v) is 10.4. The average Bonchev–Trinajstić information content (AvgIpc) is 2.91. The standard InChI is InChI=1S/C22H32O3/c1-3-12-25-14-22-11-8-16(23)13-15(22)4-5-17-18-6-7-20(24)21(18,2)10-9-19(17)22/h13,17-19H,3-12,14H2,1-2H3/t17-,18-,19+,21-,22+/m0/s1. The van der Waals surface area contributed by atoms with E-state index in [0.717, 1.165) is 64.6 Å². The summed E-state index contributed by atoms with van der Waals surface area (Å²) in [4.78, 5) is 24.6. The van der Waals surface area contributed by atoms with Crippen LogP contribution in [0.25, 0.3) is 0 Å². The molecule has 4 aliphatic rings. The largest absolute Gasteiger partial charge is 0.381 e. The molecule has 3 saturated carbocycles. The fraction of sp³-hybridized carbons (Fsp3) is 0.818. The molecule has 0 spiro atoms. The molecule has 0 aromatic carbocycles. The van der Waals surface area contributed by atoms with Crippen LogP contribution in [0, 0.1) is 28.6 Å². The van der Waals surface area contributed by atoms with Crippen molar-refractivity contribution in [2.75, 3.05) is 13.2 Å². The summed E-state index contributed by atoms with van der Waals surface area (Å²) in [6.45, 7) is 5.97. The van der Waals surface area contributed by atoms with Crippen LogP contribution in [0.4, 0.5) is 0 Å². The van der Waals surface area contributed by atoms with Gasteiger partial charge in [-0.25, -0.2) is 0 Å². The van der Waals surface area contributed by atoms with Gasteiger partial charge in [-0.15, -0.1) is 0 Å². The molecule has 0 N–H and O–H groups in total. The number of hydrogen-bond donors (Lipinski definition) is 0. The van der Waals surface area contributed by atoms with E-state index in [1.807, 2.05) is 6.08 Å². The maximum Gasteiger partial charge on any atom is 0.155 e. The summed E-state index contributed by atoms with van der Waals surface area (Å²) in [5.74, 6) is 2.60. The van der Waals surface area contributed by atoms with Crippen LogP contribution in [0.3, 0.4) is 0 Å². The summed E-state index contributed by atoms with van der Waals surface area (Å²) >= 11 is 0. The maximum absolute atomic E-state index is 12.5. The SMILES string of the molecule is CCCOC[C@]12CCC(=O)C=C1CC[C@@H]1[C@H]2CC[C@]2(C)C(=O)CC[C@@H]12. The van der Waals surface area contributed by atoms with E-state index in [9.17, 15) is 9.59 Å². The zero-order valence-electron chi connectivity index (χ0n) is 15.8. The molecule has 0 amide bonds. The predicted octanol–water partition coefficient (Wildman–Crippen LogP) is 4.49. The Morgan fingerprint density at radius 1 is 1.08 bits per heavy atom. The first kappa shape index (κ1) is 17.5. The van der Waals surface area contributed by atoms with E-state index in [0.29, 0.717) is 35.7 Å². The lowest BCUT2D eigenvalue weighted by atomic mass is 9.47. The Bertz CT molecular complexity index is 606. The Balaban J connectivity index is 1.67. The monoisotopic (exact) mass is 344 g/mol. The second-order valence-electron chi connectivity index (χ2n) is 9.18. The van der Waals surface area contributed by atoms with E-state index in [1.54, 1.807) is 0 Å². The fourth-order valence-corrected chi connectivity index (χ4v) is 6.80. The van der Waals surface area contributed by atoms with Crippen LogP contribution in [-0.4, -0.2) is 24.8 Å². The van der Waals surface area contributed by atoms with Gasteiger partial charge in [0, 0.05) is 30.3 Å². The second-order valence-corrected chi connectivity index (χ2v) is 9.18. The third-order valence-electron chi connectivity index (χ3n) is 8.10. The maximum atomic E-state index is 12.5. The normalized spacial score (nSPS) is 43.3. The van der Waals surface area contributed by atoms with E-state index < -0.39 is 0 Å². The van der Waals surface area contributed by atoms with Gasteiger partial charge < -0.3 is 4.74 Å². The summed E-state index contributed by atoms with van der Waals surface area (Å²) in [5, 5.41) is 0. The van der Waals surface area contributed by atoms with E-state index in [4.69, 9.17) is 4.74 Å². The van der Waals surface area contributed by atoms with Gasteiger partial charge in [0.15, 0.2) is 5.78 Å². The van der Waals surface area contributed by atoms with Gasteiger partial charge in [0.05, 0.1) is 6.61 Å². The summed E-state index contributed by atoms with van der Waals surface area (Å²) in [6, 6.07) is 0. The zero-order valence-corrected chi connectivity index (χ0v) is 15.8. The van der Waals surface area contributed by atoms with Crippen LogP contribution in [-0.2, 0) is 14.3 Å². The van der Waals surface area contributed by atoms with Crippen LogP contribution in [0.15, 0.2) is 11.6 Å². The minimum Gasteiger partial charge on any atom is -0.381 e. The molecule has 0 radical (unpaired) electrons. The third kappa shape index (κ3) is 2.57. The fourth-order valence-electron chi connectivity index (χ4n) is 6.80. The van der Waals surface area contributed by atoms with Crippen molar-refractivity contribution >= 4 is 11.6 Å². The molecule has 0 heterocycles. The van der Waals surface area contributed by atoms with Gasteiger partial charge in [0.2, 0.25) is 0 Å². The third-order valence-corrected chi connectivity index (χ3v) is 8.10. The van der Waals surface area contributed by atoms with Crippen molar-refractivity contribution in [3.05, 3.63) is 11.6 Å². The lowest BCUT2D eigenvalue weighted by Crippen LogP contribution is -2.53. The molecule has 0 saturated heterocycles. The summed E-state index contributed by atoms with van der Waals surface area (Å²) in [6.07, 6.45) is 10.9. The Labute approximate surface area is 151 Å². The molecule has 25 heavy (non-hydrogen) atoms. The van der Waals surface area contributed by atoms with Crippen LogP contribution in [0.2, 0.25) is 0 Å². The highest BCUT2D eigenvalue weighted by Crippen LogP contribution is 2.64. The van der Waals surface area contributed by atoms with Crippen molar-refractivity contribution in [2.24, 2.45) is 28.6 Å². The number of ether oxygens (including phenoxy) is 1.